The minimum atomic E-state index is -1.55. The Morgan fingerprint density at radius 1 is 0.968 bits per heavy atom. The molecule has 1 fully saturated rings. The van der Waals surface area contributed by atoms with Gasteiger partial charge >= 0.3 is 5.97 Å². The van der Waals surface area contributed by atoms with Gasteiger partial charge in [0.05, 0.1) is 12.2 Å². The van der Waals surface area contributed by atoms with Crippen LogP contribution in [0.4, 0.5) is 0 Å². The molecule has 0 spiro atoms. The largest absolute Gasteiger partial charge is 0.504 e. The number of aromatic hydroxyl groups is 2. The van der Waals surface area contributed by atoms with Gasteiger partial charge < -0.3 is 44.8 Å². The van der Waals surface area contributed by atoms with Gasteiger partial charge in [0.1, 0.15) is 35.9 Å². The highest BCUT2D eigenvalue weighted by molar-refractivity contribution is 6.26. The highest BCUT2D eigenvalue weighted by Crippen LogP contribution is 2.42. The smallest absolute Gasteiger partial charge is 0.344 e. The van der Waals surface area contributed by atoms with Gasteiger partial charge in [-0.15, -0.1) is 0 Å². The predicted octanol–water partition coefficient (Wildman–Crippen LogP) is -0.264. The Morgan fingerprint density at radius 3 is 2.32 bits per heavy atom. The summed E-state index contributed by atoms with van der Waals surface area (Å²) < 4.78 is 15.9. The maximum atomic E-state index is 12.2. The Balaban J connectivity index is 1.52. The summed E-state index contributed by atoms with van der Waals surface area (Å²) in [7, 11) is 0. The lowest BCUT2D eigenvalue weighted by Gasteiger charge is -2.39. The van der Waals surface area contributed by atoms with Gasteiger partial charge in [-0.05, 0) is 29.8 Å². The van der Waals surface area contributed by atoms with Crippen LogP contribution in [0.5, 0.6) is 23.0 Å². The van der Waals surface area contributed by atoms with Gasteiger partial charge in [0.25, 0.3) is 0 Å². The average Bonchev–Trinajstić information content (AvgIpc) is 3.04. The Kier molecular flexibility index (Phi) is 5.56. The van der Waals surface area contributed by atoms with E-state index >= 15 is 0 Å². The van der Waals surface area contributed by atoms with Crippen molar-refractivity contribution in [2.24, 2.45) is 0 Å². The molecule has 10 heteroatoms. The van der Waals surface area contributed by atoms with E-state index in [1.807, 2.05) is 0 Å². The quantitative estimate of drug-likeness (QED) is 0.164. The van der Waals surface area contributed by atoms with E-state index in [2.05, 4.69) is 0 Å². The maximum absolute atomic E-state index is 12.2. The lowest BCUT2D eigenvalue weighted by atomic mass is 9.99. The highest BCUT2D eigenvalue weighted by Gasteiger charge is 2.44. The summed E-state index contributed by atoms with van der Waals surface area (Å²) in [6, 6.07) is 8.67. The molecule has 0 bridgehead atoms. The number of hydrogen-bond acceptors (Lipinski definition) is 10. The SMILES string of the molecule is O=C1Oc2cc(O)c(O)cc2/C1=C\c1ccc(O[C@@H]2O[C@H](CO)[C@@H](O)[C@H](O)[C@H]2O)cc1. The van der Waals surface area contributed by atoms with E-state index in [1.165, 1.54) is 24.3 Å². The van der Waals surface area contributed by atoms with Gasteiger partial charge in [0, 0.05) is 11.6 Å². The van der Waals surface area contributed by atoms with E-state index in [0.717, 1.165) is 6.07 Å². The number of aliphatic hydroxyl groups excluding tert-OH is 4. The van der Waals surface area contributed by atoms with E-state index in [0.29, 0.717) is 11.1 Å². The molecule has 2 heterocycles. The van der Waals surface area contributed by atoms with Crippen molar-refractivity contribution in [1.82, 2.24) is 0 Å². The van der Waals surface area contributed by atoms with Gasteiger partial charge in [0.15, 0.2) is 11.5 Å². The summed E-state index contributed by atoms with van der Waals surface area (Å²) in [5.41, 5.74) is 1.11. The van der Waals surface area contributed by atoms with Crippen LogP contribution in [-0.2, 0) is 9.53 Å². The van der Waals surface area contributed by atoms with Gasteiger partial charge in [-0.25, -0.2) is 4.79 Å². The zero-order chi connectivity index (χ0) is 22.3. The molecule has 0 aromatic heterocycles. The molecule has 4 rings (SSSR count). The fourth-order valence-electron chi connectivity index (χ4n) is 3.36. The number of ether oxygens (including phenoxy) is 3. The monoisotopic (exact) mass is 432 g/mol. The van der Waals surface area contributed by atoms with Crippen molar-refractivity contribution in [3.05, 3.63) is 47.5 Å². The fraction of sp³-hybridized carbons (Fsp3) is 0.286. The summed E-state index contributed by atoms with van der Waals surface area (Å²) in [6.45, 7) is -0.567. The Morgan fingerprint density at radius 2 is 1.65 bits per heavy atom. The van der Waals surface area contributed by atoms with E-state index in [4.69, 9.17) is 14.2 Å². The summed E-state index contributed by atoms with van der Waals surface area (Å²) in [6.07, 6.45) is -5.44. The molecule has 0 amide bonds. The van der Waals surface area contributed by atoms with Crippen molar-refractivity contribution in [2.45, 2.75) is 30.7 Å². The Bertz CT molecular complexity index is 1010. The summed E-state index contributed by atoms with van der Waals surface area (Å²) >= 11 is 0. The van der Waals surface area contributed by atoms with Crippen LogP contribution in [0.15, 0.2) is 36.4 Å². The number of benzene rings is 2. The molecule has 1 saturated heterocycles. The molecule has 0 aliphatic carbocycles. The Hall–Kier alpha value is -3.15. The lowest BCUT2D eigenvalue weighted by Crippen LogP contribution is -2.60. The molecule has 5 atom stereocenters. The van der Waals surface area contributed by atoms with Crippen LogP contribution in [-0.4, -0.2) is 73.9 Å². The first-order valence-corrected chi connectivity index (χ1v) is 9.36. The summed E-state index contributed by atoms with van der Waals surface area (Å²) in [4.78, 5) is 12.2. The van der Waals surface area contributed by atoms with E-state index in [1.54, 1.807) is 12.1 Å². The molecule has 31 heavy (non-hydrogen) atoms. The van der Waals surface area contributed by atoms with Gasteiger partial charge in [-0.3, -0.25) is 0 Å². The van der Waals surface area contributed by atoms with Crippen LogP contribution in [0.3, 0.4) is 0 Å². The number of carbonyl (C=O) groups is 1. The zero-order valence-electron chi connectivity index (χ0n) is 16.0. The molecule has 0 saturated carbocycles. The topological polar surface area (TPSA) is 166 Å². The molecule has 10 nitrogen and oxygen atoms in total. The van der Waals surface area contributed by atoms with Gasteiger partial charge in [0.2, 0.25) is 6.29 Å². The molecule has 2 aromatic carbocycles. The molecule has 0 radical (unpaired) electrons. The molecule has 2 aliphatic heterocycles. The van der Waals surface area contributed by atoms with E-state index < -0.39 is 49.0 Å². The molecular formula is C21H20O10. The van der Waals surface area contributed by atoms with Gasteiger partial charge in [-0.1, -0.05) is 12.1 Å². The van der Waals surface area contributed by atoms with Crippen LogP contribution < -0.4 is 9.47 Å². The normalized spacial score (nSPS) is 29.0. The third kappa shape index (κ3) is 3.94. The minimum Gasteiger partial charge on any atom is -0.504 e. The van der Waals surface area contributed by atoms with Crippen LogP contribution in [0.2, 0.25) is 0 Å². The Labute approximate surface area is 175 Å². The van der Waals surface area contributed by atoms with E-state index in [9.17, 15) is 35.4 Å². The zero-order valence-corrected chi connectivity index (χ0v) is 16.0. The summed E-state index contributed by atoms with van der Waals surface area (Å²) in [5, 5.41) is 58.2. The molecule has 2 aromatic rings. The average molecular weight is 432 g/mol. The predicted molar refractivity (Wildman–Crippen MR) is 104 cm³/mol. The molecular weight excluding hydrogens is 412 g/mol. The van der Waals surface area contributed by atoms with Crippen molar-refractivity contribution in [3.63, 3.8) is 0 Å². The number of rotatable bonds is 4. The van der Waals surface area contributed by atoms with Crippen LogP contribution in [0.1, 0.15) is 11.1 Å². The first kappa shape index (κ1) is 21.1. The van der Waals surface area contributed by atoms with Crippen LogP contribution in [0, 0.1) is 0 Å². The molecule has 2 aliphatic rings. The number of phenolic OH excluding ortho intramolecular Hbond substituents is 2. The second-order valence-corrected chi connectivity index (χ2v) is 7.17. The first-order chi connectivity index (χ1) is 14.8. The van der Waals surface area contributed by atoms with Crippen molar-refractivity contribution >= 4 is 17.6 Å². The minimum absolute atomic E-state index is 0.133. The number of phenols is 2. The van der Waals surface area contributed by atoms with Crippen molar-refractivity contribution in [2.75, 3.05) is 6.61 Å². The number of hydrogen-bond donors (Lipinski definition) is 6. The first-order valence-electron chi connectivity index (χ1n) is 9.36. The second kappa shape index (κ2) is 8.17. The number of esters is 1. The van der Waals surface area contributed by atoms with Crippen molar-refractivity contribution in [1.29, 1.82) is 0 Å². The standard InChI is InChI=1S/C21H20O10/c22-8-16-17(25)18(26)19(27)21(31-16)29-10-3-1-9(2-4-10)5-12-11-6-13(23)14(24)7-15(11)30-20(12)28/h1-7,16-19,21-27H,8H2/b12-5+/t16-,17-,18+,19-,21-/m1/s1. The van der Waals surface area contributed by atoms with Crippen molar-refractivity contribution < 1.29 is 49.6 Å². The third-order valence-corrected chi connectivity index (χ3v) is 5.08. The molecule has 164 valence electrons. The number of fused-ring (bicyclic) bond motifs is 1. The van der Waals surface area contributed by atoms with Crippen molar-refractivity contribution in [3.8, 4) is 23.0 Å². The molecule has 6 N–H and O–H groups in total. The second-order valence-electron chi connectivity index (χ2n) is 7.17. The highest BCUT2D eigenvalue weighted by atomic mass is 16.7. The lowest BCUT2D eigenvalue weighted by molar-refractivity contribution is -0.277. The summed E-state index contributed by atoms with van der Waals surface area (Å²) in [5.74, 6) is -1.02. The maximum Gasteiger partial charge on any atom is 0.344 e. The third-order valence-electron chi connectivity index (χ3n) is 5.08. The van der Waals surface area contributed by atoms with Crippen LogP contribution in [0.25, 0.3) is 11.6 Å². The number of carbonyl (C=O) groups excluding carboxylic acids is 1. The number of aliphatic hydroxyl groups is 4. The van der Waals surface area contributed by atoms with Gasteiger partial charge in [-0.2, -0.15) is 0 Å². The van der Waals surface area contributed by atoms with E-state index in [-0.39, 0.29) is 22.8 Å². The fourth-order valence-corrected chi connectivity index (χ4v) is 3.36. The molecule has 0 unspecified atom stereocenters. The van der Waals surface area contributed by atoms with Crippen LogP contribution >= 0.6 is 0 Å².